The van der Waals surface area contributed by atoms with E-state index in [1.54, 1.807) is 0 Å². The predicted molar refractivity (Wildman–Crippen MR) is 83.8 cm³/mol. The monoisotopic (exact) mass is 390 g/mol. The van der Waals surface area contributed by atoms with Gasteiger partial charge >= 0.3 is 18.1 Å². The van der Waals surface area contributed by atoms with Gasteiger partial charge in [-0.2, -0.15) is 13.2 Å². The first-order valence-corrected chi connectivity index (χ1v) is 7.93. The van der Waals surface area contributed by atoms with E-state index >= 15 is 0 Å². The van der Waals surface area contributed by atoms with E-state index in [1.165, 1.54) is 13.0 Å². The second-order valence-electron chi connectivity index (χ2n) is 5.75. The zero-order chi connectivity index (χ0) is 20.4. The van der Waals surface area contributed by atoms with Crippen molar-refractivity contribution in [2.24, 2.45) is 0 Å². The second kappa shape index (κ2) is 7.51. The molecule has 1 aliphatic heterocycles. The number of esters is 1. The third-order valence-electron chi connectivity index (χ3n) is 4.04. The number of morpholine rings is 1. The van der Waals surface area contributed by atoms with Crippen LogP contribution in [0.3, 0.4) is 0 Å². The van der Waals surface area contributed by atoms with Crippen LogP contribution in [-0.4, -0.2) is 52.8 Å². The standard InChI is InChI=1S/C16H17F3N2O6/c1-3-15(12(13(23)24)27-9(2)22)14(25)21(7-8-26-15)11-6-4-5-10(20-11)16(17,18)19/h4-6,12H,3,7-8H2,1-2H3,(H,23,24)/t12-,15?/m0/s1. The lowest BCUT2D eigenvalue weighted by molar-refractivity contribution is -0.196. The maximum atomic E-state index is 13.0. The van der Waals surface area contributed by atoms with Gasteiger partial charge in [-0.3, -0.25) is 14.5 Å². The van der Waals surface area contributed by atoms with Gasteiger partial charge in [0.2, 0.25) is 6.10 Å². The number of halogens is 3. The molecule has 1 amide bonds. The van der Waals surface area contributed by atoms with Crippen LogP contribution in [0.1, 0.15) is 26.0 Å². The molecular weight excluding hydrogens is 373 g/mol. The fraction of sp³-hybridized carbons (Fsp3) is 0.500. The first-order chi connectivity index (χ1) is 12.5. The zero-order valence-electron chi connectivity index (χ0n) is 14.4. The molecule has 1 saturated heterocycles. The van der Waals surface area contributed by atoms with Gasteiger partial charge in [-0.15, -0.1) is 0 Å². The fourth-order valence-electron chi connectivity index (χ4n) is 2.80. The van der Waals surface area contributed by atoms with E-state index in [-0.39, 0.29) is 25.4 Å². The van der Waals surface area contributed by atoms with E-state index in [2.05, 4.69) is 4.98 Å². The highest BCUT2D eigenvalue weighted by Gasteiger charge is 2.56. The lowest BCUT2D eigenvalue weighted by Crippen LogP contribution is -2.65. The van der Waals surface area contributed by atoms with Crippen molar-refractivity contribution in [1.82, 2.24) is 4.98 Å². The van der Waals surface area contributed by atoms with Crippen LogP contribution in [-0.2, 0) is 30.0 Å². The van der Waals surface area contributed by atoms with Gasteiger partial charge in [-0.25, -0.2) is 9.78 Å². The number of rotatable bonds is 5. The molecule has 148 valence electrons. The molecule has 0 saturated carbocycles. The number of hydrogen-bond donors (Lipinski definition) is 1. The summed E-state index contributed by atoms with van der Waals surface area (Å²) in [5, 5.41) is 9.40. The van der Waals surface area contributed by atoms with Gasteiger partial charge < -0.3 is 14.6 Å². The van der Waals surface area contributed by atoms with Crippen molar-refractivity contribution >= 4 is 23.7 Å². The van der Waals surface area contributed by atoms with Crippen LogP contribution in [0.2, 0.25) is 0 Å². The first kappa shape index (κ1) is 20.6. The number of hydrogen-bond acceptors (Lipinski definition) is 6. The third kappa shape index (κ3) is 4.02. The van der Waals surface area contributed by atoms with E-state index in [0.717, 1.165) is 24.0 Å². The number of alkyl halides is 3. The van der Waals surface area contributed by atoms with Crippen LogP contribution in [0.25, 0.3) is 0 Å². The van der Waals surface area contributed by atoms with Crippen molar-refractivity contribution in [2.45, 2.75) is 38.1 Å². The fourth-order valence-corrected chi connectivity index (χ4v) is 2.80. The summed E-state index contributed by atoms with van der Waals surface area (Å²) in [7, 11) is 0. The summed E-state index contributed by atoms with van der Waals surface area (Å²) in [4.78, 5) is 40.2. The minimum absolute atomic E-state index is 0.138. The molecule has 1 N–H and O–H groups in total. The molecule has 1 fully saturated rings. The van der Waals surface area contributed by atoms with Gasteiger partial charge in [0.25, 0.3) is 5.91 Å². The number of amides is 1. The van der Waals surface area contributed by atoms with E-state index in [1.807, 2.05) is 0 Å². The highest BCUT2D eigenvalue weighted by atomic mass is 19.4. The van der Waals surface area contributed by atoms with Crippen LogP contribution < -0.4 is 4.90 Å². The number of anilines is 1. The number of carbonyl (C=O) groups is 3. The maximum absolute atomic E-state index is 13.0. The quantitative estimate of drug-likeness (QED) is 0.762. The maximum Gasteiger partial charge on any atom is 0.433 e. The summed E-state index contributed by atoms with van der Waals surface area (Å²) < 4.78 is 48.9. The van der Waals surface area contributed by atoms with Crippen molar-refractivity contribution in [3.63, 3.8) is 0 Å². The molecule has 0 aromatic carbocycles. The molecule has 8 nitrogen and oxygen atoms in total. The molecule has 11 heteroatoms. The molecule has 27 heavy (non-hydrogen) atoms. The third-order valence-corrected chi connectivity index (χ3v) is 4.04. The van der Waals surface area contributed by atoms with Gasteiger partial charge in [-0.1, -0.05) is 13.0 Å². The predicted octanol–water partition coefficient (Wildman–Crippen LogP) is 1.63. The SMILES string of the molecule is CCC1([C@@H](OC(C)=O)C(=O)O)OCCN(c2cccc(C(F)(F)F)n2)C1=O. The summed E-state index contributed by atoms with van der Waals surface area (Å²) >= 11 is 0. The zero-order valence-corrected chi connectivity index (χ0v) is 14.4. The Bertz CT molecular complexity index is 754. The number of nitrogens with zero attached hydrogens (tertiary/aromatic N) is 2. The van der Waals surface area contributed by atoms with Crippen LogP contribution in [0.4, 0.5) is 19.0 Å². The summed E-state index contributed by atoms with van der Waals surface area (Å²) in [6, 6.07) is 3.03. The van der Waals surface area contributed by atoms with Gasteiger partial charge in [-0.05, 0) is 18.6 Å². The summed E-state index contributed by atoms with van der Waals surface area (Å²) in [5.41, 5.74) is -3.28. The van der Waals surface area contributed by atoms with Crippen LogP contribution >= 0.6 is 0 Å². The van der Waals surface area contributed by atoms with Crippen LogP contribution in [0.15, 0.2) is 18.2 Å². The Morgan fingerprint density at radius 1 is 1.44 bits per heavy atom. The Balaban J connectivity index is 2.46. The Morgan fingerprint density at radius 3 is 2.63 bits per heavy atom. The molecule has 2 heterocycles. The molecule has 0 aliphatic carbocycles. The van der Waals surface area contributed by atoms with E-state index in [4.69, 9.17) is 9.47 Å². The number of carboxylic acids is 1. The number of aromatic nitrogens is 1. The number of ether oxygens (including phenoxy) is 2. The largest absolute Gasteiger partial charge is 0.478 e. The normalized spacial score (nSPS) is 21.7. The molecule has 1 aromatic rings. The number of pyridine rings is 1. The molecule has 0 bridgehead atoms. The molecule has 1 unspecified atom stereocenters. The van der Waals surface area contributed by atoms with E-state index < -0.39 is 41.4 Å². The molecular formula is C16H17F3N2O6. The highest BCUT2D eigenvalue weighted by molar-refractivity contribution is 6.03. The lowest BCUT2D eigenvalue weighted by Gasteiger charge is -2.42. The van der Waals surface area contributed by atoms with E-state index in [9.17, 15) is 32.7 Å². The molecule has 2 atom stereocenters. The summed E-state index contributed by atoms with van der Waals surface area (Å²) in [5.74, 6) is -3.81. The summed E-state index contributed by atoms with van der Waals surface area (Å²) in [6.07, 6.45) is -6.86. The average Bonchev–Trinajstić information content (AvgIpc) is 2.59. The molecule has 0 spiro atoms. The minimum atomic E-state index is -4.71. The van der Waals surface area contributed by atoms with Gasteiger partial charge in [0.15, 0.2) is 5.60 Å². The molecule has 1 aromatic heterocycles. The minimum Gasteiger partial charge on any atom is -0.478 e. The Morgan fingerprint density at radius 2 is 2.11 bits per heavy atom. The van der Waals surface area contributed by atoms with Gasteiger partial charge in [0.05, 0.1) is 13.2 Å². The molecule has 1 aliphatic rings. The highest BCUT2D eigenvalue weighted by Crippen LogP contribution is 2.33. The van der Waals surface area contributed by atoms with Crippen molar-refractivity contribution in [2.75, 3.05) is 18.1 Å². The van der Waals surface area contributed by atoms with Crippen molar-refractivity contribution < 1.29 is 42.1 Å². The average molecular weight is 390 g/mol. The van der Waals surface area contributed by atoms with Crippen molar-refractivity contribution in [3.8, 4) is 0 Å². The summed E-state index contributed by atoms with van der Waals surface area (Å²) in [6.45, 7) is 2.10. The number of carboxylic acid groups (broad SMARTS) is 1. The van der Waals surface area contributed by atoms with Crippen LogP contribution in [0, 0.1) is 0 Å². The van der Waals surface area contributed by atoms with Crippen molar-refractivity contribution in [1.29, 1.82) is 0 Å². The number of aliphatic carboxylic acids is 1. The molecule has 0 radical (unpaired) electrons. The van der Waals surface area contributed by atoms with E-state index in [0.29, 0.717) is 0 Å². The number of carbonyl (C=O) groups excluding carboxylic acids is 2. The second-order valence-corrected chi connectivity index (χ2v) is 5.75. The Hall–Kier alpha value is -2.69. The van der Waals surface area contributed by atoms with Crippen LogP contribution in [0.5, 0.6) is 0 Å². The first-order valence-electron chi connectivity index (χ1n) is 7.93. The Labute approximate surface area is 151 Å². The molecule has 2 rings (SSSR count). The lowest BCUT2D eigenvalue weighted by atomic mass is 9.89. The van der Waals surface area contributed by atoms with Gasteiger partial charge in [0, 0.05) is 6.92 Å². The smallest absolute Gasteiger partial charge is 0.433 e. The van der Waals surface area contributed by atoms with Gasteiger partial charge in [0.1, 0.15) is 11.5 Å². The van der Waals surface area contributed by atoms with Crippen molar-refractivity contribution in [3.05, 3.63) is 23.9 Å². The topological polar surface area (TPSA) is 106 Å². The Kier molecular flexibility index (Phi) is 5.73.